The molecule has 0 amide bonds. The lowest BCUT2D eigenvalue weighted by atomic mass is 10.2. The summed E-state index contributed by atoms with van der Waals surface area (Å²) in [5.41, 5.74) is 1.85. The van der Waals surface area contributed by atoms with Crippen molar-refractivity contribution in [2.24, 2.45) is 0 Å². The number of rotatable bonds is 0. The first-order valence-electron chi connectivity index (χ1n) is 6.76. The second kappa shape index (κ2) is 11.0. The number of halogens is 7. The molecule has 150 valence electrons. The van der Waals surface area contributed by atoms with Crippen LogP contribution < -0.4 is 0 Å². The summed E-state index contributed by atoms with van der Waals surface area (Å²) < 4.78 is 33.2. The molecule has 0 unspecified atom stereocenters. The average Bonchev–Trinajstić information content (AvgIpc) is 2.50. The lowest BCUT2D eigenvalue weighted by Gasteiger charge is -2.04. The number of benzene rings is 2. The van der Waals surface area contributed by atoms with Gasteiger partial charge in [-0.1, -0.05) is 39.1 Å². The van der Waals surface area contributed by atoms with Crippen molar-refractivity contribution in [1.82, 2.24) is 0 Å². The first kappa shape index (κ1) is 25.8. The highest BCUT2D eigenvalue weighted by molar-refractivity contribution is 9.10. The number of carboxylic acid groups (broad SMARTS) is 1. The summed E-state index contributed by atoms with van der Waals surface area (Å²) in [5, 5.41) is 26.1. The summed E-state index contributed by atoms with van der Waals surface area (Å²) in [7, 11) is 0. The van der Waals surface area contributed by atoms with E-state index in [1.807, 2.05) is 13.0 Å². The van der Waals surface area contributed by atoms with E-state index in [2.05, 4.69) is 31.9 Å². The molecule has 0 aliphatic rings. The normalized spacial score (nSPS) is 10.3. The molecule has 27 heavy (non-hydrogen) atoms. The summed E-state index contributed by atoms with van der Waals surface area (Å²) >= 11 is 17.9. The fourth-order valence-electron chi connectivity index (χ4n) is 1.43. The number of aliphatic carboxylic acids is 1. The predicted molar refractivity (Wildman–Crippen MR) is 105 cm³/mol. The number of carbonyl (C=O) groups is 1. The van der Waals surface area contributed by atoms with E-state index in [1.54, 1.807) is 19.1 Å². The topological polar surface area (TPSA) is 77.8 Å². The number of carboxylic acids is 1. The van der Waals surface area contributed by atoms with Crippen LogP contribution >= 0.6 is 55.1 Å². The zero-order chi connectivity index (χ0) is 21.5. The second-order valence-electron chi connectivity index (χ2n) is 4.94. The Labute approximate surface area is 179 Å². The average molecular weight is 557 g/mol. The number of phenols is 2. The number of hydrogen-bond acceptors (Lipinski definition) is 3. The lowest BCUT2D eigenvalue weighted by Crippen LogP contribution is -2.21. The molecule has 0 spiro atoms. The van der Waals surface area contributed by atoms with Gasteiger partial charge in [-0.05, 0) is 65.2 Å². The molecule has 0 radical (unpaired) electrons. The van der Waals surface area contributed by atoms with Crippen molar-refractivity contribution in [2.45, 2.75) is 20.0 Å². The van der Waals surface area contributed by atoms with Crippen LogP contribution in [0.5, 0.6) is 11.5 Å². The Morgan fingerprint density at radius 2 is 1.48 bits per heavy atom. The Morgan fingerprint density at radius 3 is 1.85 bits per heavy atom. The Hall–Kier alpha value is -1.16. The predicted octanol–water partition coefficient (Wildman–Crippen LogP) is 6.87. The third-order valence-corrected chi connectivity index (χ3v) is 5.16. The first-order chi connectivity index (χ1) is 12.2. The Morgan fingerprint density at radius 1 is 1.00 bits per heavy atom. The number of phenolic OH excluding ortho intramolecular Hbond substituents is 2. The molecule has 0 atom stereocenters. The zero-order valence-corrected chi connectivity index (χ0v) is 18.4. The van der Waals surface area contributed by atoms with Gasteiger partial charge in [0.25, 0.3) is 0 Å². The van der Waals surface area contributed by atoms with Crippen LogP contribution in [0.25, 0.3) is 0 Å². The highest BCUT2D eigenvalue weighted by atomic mass is 79.9. The second-order valence-corrected chi connectivity index (χ2v) is 7.41. The molecule has 0 saturated carbocycles. The van der Waals surface area contributed by atoms with Gasteiger partial charge in [-0.25, -0.2) is 4.79 Å². The van der Waals surface area contributed by atoms with E-state index in [0.717, 1.165) is 15.6 Å². The van der Waals surface area contributed by atoms with Crippen LogP contribution in [-0.4, -0.2) is 27.5 Å². The summed E-state index contributed by atoms with van der Waals surface area (Å²) in [6.07, 6.45) is -5.08. The molecule has 0 aliphatic heterocycles. The molecule has 11 heteroatoms. The van der Waals surface area contributed by atoms with Crippen molar-refractivity contribution in [3.8, 4) is 11.5 Å². The number of aromatic hydroxyl groups is 2. The van der Waals surface area contributed by atoms with Crippen molar-refractivity contribution < 1.29 is 33.3 Å². The van der Waals surface area contributed by atoms with E-state index < -0.39 is 12.1 Å². The molecule has 0 aliphatic carbocycles. The molecule has 0 heterocycles. The van der Waals surface area contributed by atoms with Crippen LogP contribution in [0.15, 0.2) is 33.2 Å². The third-order valence-electron chi connectivity index (χ3n) is 2.58. The van der Waals surface area contributed by atoms with Crippen molar-refractivity contribution in [3.63, 3.8) is 0 Å². The van der Waals surface area contributed by atoms with Crippen LogP contribution in [0.2, 0.25) is 10.0 Å². The standard InChI is InChI=1S/C7H5BrCl2O.C7H7BrO.C2HF3O2/c1-3-2-4(11)7(10)5(8)6(3)9;1-5-2-6(8)4-7(9)3-5;3-2(4,5)1(6)7/h2,11H,1H3;2-4,9H,1H3;(H,6,7). The smallest absolute Gasteiger partial charge is 0.490 e. The van der Waals surface area contributed by atoms with Gasteiger partial charge in [-0.3, -0.25) is 0 Å². The Balaban J connectivity index is 0.000000387. The monoisotopic (exact) mass is 554 g/mol. The van der Waals surface area contributed by atoms with Gasteiger partial charge in [0.05, 0.1) is 14.5 Å². The first-order valence-corrected chi connectivity index (χ1v) is 9.10. The Bertz CT molecular complexity index is 739. The molecule has 2 aromatic carbocycles. The van der Waals surface area contributed by atoms with Crippen LogP contribution in [-0.2, 0) is 4.79 Å². The SMILES string of the molecule is Cc1cc(O)c(Cl)c(Br)c1Cl.Cc1cc(O)cc(Br)c1.O=C(O)C(F)(F)F. The van der Waals surface area contributed by atoms with E-state index in [1.165, 1.54) is 6.07 Å². The van der Waals surface area contributed by atoms with Gasteiger partial charge in [-0.15, -0.1) is 0 Å². The van der Waals surface area contributed by atoms with Crippen LogP contribution in [0.1, 0.15) is 11.1 Å². The van der Waals surface area contributed by atoms with E-state index in [-0.39, 0.29) is 10.8 Å². The zero-order valence-electron chi connectivity index (χ0n) is 13.7. The highest BCUT2D eigenvalue weighted by Crippen LogP contribution is 2.38. The van der Waals surface area contributed by atoms with E-state index in [0.29, 0.717) is 15.2 Å². The van der Waals surface area contributed by atoms with Gasteiger partial charge < -0.3 is 15.3 Å². The van der Waals surface area contributed by atoms with Crippen molar-refractivity contribution in [2.75, 3.05) is 0 Å². The van der Waals surface area contributed by atoms with Crippen LogP contribution in [0.3, 0.4) is 0 Å². The molecular weight excluding hydrogens is 544 g/mol. The maximum absolute atomic E-state index is 10.6. The van der Waals surface area contributed by atoms with Crippen LogP contribution in [0.4, 0.5) is 13.2 Å². The fraction of sp³-hybridized carbons (Fsp3) is 0.188. The summed E-state index contributed by atoms with van der Waals surface area (Å²) in [5.74, 6) is -2.41. The van der Waals surface area contributed by atoms with Gasteiger partial charge in [0.2, 0.25) is 0 Å². The maximum Gasteiger partial charge on any atom is 0.490 e. The number of hydrogen-bond donors (Lipinski definition) is 3. The maximum atomic E-state index is 10.6. The molecule has 0 fully saturated rings. The molecule has 4 nitrogen and oxygen atoms in total. The minimum atomic E-state index is -5.08. The molecule has 0 aromatic heterocycles. The van der Waals surface area contributed by atoms with Crippen molar-refractivity contribution in [1.29, 1.82) is 0 Å². The lowest BCUT2D eigenvalue weighted by molar-refractivity contribution is -0.192. The van der Waals surface area contributed by atoms with Gasteiger partial charge >= 0.3 is 12.1 Å². The van der Waals surface area contributed by atoms with E-state index >= 15 is 0 Å². The largest absolute Gasteiger partial charge is 0.508 e. The summed E-state index contributed by atoms with van der Waals surface area (Å²) in [6, 6.07) is 6.84. The number of alkyl halides is 3. The molecule has 2 rings (SSSR count). The molecule has 3 N–H and O–H groups in total. The van der Waals surface area contributed by atoms with Gasteiger partial charge in [-0.2, -0.15) is 13.2 Å². The highest BCUT2D eigenvalue weighted by Gasteiger charge is 2.38. The Kier molecular flexibility index (Phi) is 10.5. The molecular formula is C16H13Br2Cl2F3O4. The third kappa shape index (κ3) is 9.55. The van der Waals surface area contributed by atoms with Crippen molar-refractivity contribution in [3.05, 3.63) is 54.4 Å². The minimum Gasteiger partial charge on any atom is -0.508 e. The fourth-order valence-corrected chi connectivity index (χ4v) is 2.89. The molecule has 0 bridgehead atoms. The van der Waals surface area contributed by atoms with Gasteiger partial charge in [0, 0.05) is 4.47 Å². The van der Waals surface area contributed by atoms with E-state index in [9.17, 15) is 18.3 Å². The van der Waals surface area contributed by atoms with Crippen molar-refractivity contribution >= 4 is 61.0 Å². The van der Waals surface area contributed by atoms with Crippen LogP contribution in [0, 0.1) is 13.8 Å². The van der Waals surface area contributed by atoms with Gasteiger partial charge in [0.1, 0.15) is 11.5 Å². The summed E-state index contributed by atoms with van der Waals surface area (Å²) in [6.45, 7) is 3.73. The van der Waals surface area contributed by atoms with Gasteiger partial charge in [0.15, 0.2) is 0 Å². The van der Waals surface area contributed by atoms with E-state index in [4.69, 9.17) is 38.2 Å². The molecule has 2 aromatic rings. The quantitative estimate of drug-likeness (QED) is 0.310. The summed E-state index contributed by atoms with van der Waals surface area (Å²) in [4.78, 5) is 8.90. The minimum absolute atomic E-state index is 0.0421. The number of aryl methyl sites for hydroxylation is 2. The molecule has 0 saturated heterocycles.